The second kappa shape index (κ2) is 6.44. The Morgan fingerprint density at radius 3 is 2.64 bits per heavy atom. The fourth-order valence-electron chi connectivity index (χ4n) is 2.41. The number of likely N-dealkylation sites (tertiary alicyclic amines) is 1. The molecule has 0 N–H and O–H groups in total. The summed E-state index contributed by atoms with van der Waals surface area (Å²) in [6, 6.07) is 5.20. The fourth-order valence-corrected chi connectivity index (χ4v) is 3.53. The first-order valence-corrected chi connectivity index (χ1v) is 8.60. The Bertz CT molecular complexity index is 775. The average Bonchev–Trinajstić information content (AvgIpc) is 3.12. The van der Waals surface area contributed by atoms with E-state index in [0.717, 1.165) is 36.5 Å². The number of hydrogen-bond donors (Lipinski definition) is 0. The van der Waals surface area contributed by atoms with Crippen LogP contribution in [0.1, 0.15) is 17.7 Å². The highest BCUT2D eigenvalue weighted by molar-refractivity contribution is 7.09. The van der Waals surface area contributed by atoms with Crippen LogP contribution in [0, 0.1) is 6.92 Å². The van der Waals surface area contributed by atoms with Gasteiger partial charge in [0, 0.05) is 29.9 Å². The van der Waals surface area contributed by atoms with Gasteiger partial charge in [0.25, 0.3) is 0 Å². The molecule has 0 aliphatic carbocycles. The second-order valence-electron chi connectivity index (χ2n) is 5.18. The molecule has 0 radical (unpaired) electrons. The van der Waals surface area contributed by atoms with Crippen LogP contribution in [-0.4, -0.2) is 28.6 Å². The molecular formula is C15H15Cl2N3OS. The Morgan fingerprint density at radius 2 is 1.95 bits per heavy atom. The number of amides is 2. The first-order chi connectivity index (χ1) is 10.5. The summed E-state index contributed by atoms with van der Waals surface area (Å²) in [6.07, 6.45) is 4.05. The van der Waals surface area contributed by atoms with Crippen molar-refractivity contribution < 1.29 is 4.79 Å². The predicted octanol–water partition coefficient (Wildman–Crippen LogP) is 4.27. The lowest BCUT2D eigenvalue weighted by Gasteiger charge is -2.10. The smallest absolute Gasteiger partial charge is 0.323 e. The van der Waals surface area contributed by atoms with E-state index < -0.39 is 0 Å². The van der Waals surface area contributed by atoms with Crippen molar-refractivity contribution in [3.63, 3.8) is 0 Å². The van der Waals surface area contributed by atoms with Gasteiger partial charge in [0.05, 0.1) is 10.0 Å². The molecule has 4 nitrogen and oxygen atoms in total. The summed E-state index contributed by atoms with van der Waals surface area (Å²) in [5.74, 6) is 0. The molecule has 1 aliphatic heterocycles. The normalized spacial score (nSPS) is 15.6. The van der Waals surface area contributed by atoms with Gasteiger partial charge < -0.3 is 4.90 Å². The summed E-state index contributed by atoms with van der Waals surface area (Å²) in [5, 5.41) is 0.983. The first kappa shape index (κ1) is 15.6. The van der Waals surface area contributed by atoms with Gasteiger partial charge in [-0.05, 0) is 38.0 Å². The van der Waals surface area contributed by atoms with E-state index in [-0.39, 0.29) is 6.03 Å². The van der Waals surface area contributed by atoms with Gasteiger partial charge in [-0.25, -0.2) is 4.79 Å². The molecule has 1 aromatic carbocycles. The minimum absolute atomic E-state index is 0.173. The maximum Gasteiger partial charge on any atom is 0.346 e. The Morgan fingerprint density at radius 1 is 1.23 bits per heavy atom. The van der Waals surface area contributed by atoms with Crippen molar-refractivity contribution in [3.05, 3.63) is 44.1 Å². The molecule has 0 spiro atoms. The molecule has 1 fully saturated rings. The first-order valence-electron chi connectivity index (χ1n) is 7.03. The third-order valence-electron chi connectivity index (χ3n) is 3.52. The monoisotopic (exact) mass is 355 g/mol. The highest BCUT2D eigenvalue weighted by Gasteiger charge is 2.17. The van der Waals surface area contributed by atoms with Crippen LogP contribution < -0.4 is 4.80 Å². The zero-order valence-corrected chi connectivity index (χ0v) is 14.4. The topological polar surface area (TPSA) is 37.6 Å². The lowest BCUT2D eigenvalue weighted by molar-refractivity contribution is 0.218. The molecule has 1 aliphatic rings. The predicted molar refractivity (Wildman–Crippen MR) is 90.2 cm³/mol. The molecule has 22 heavy (non-hydrogen) atoms. The van der Waals surface area contributed by atoms with Gasteiger partial charge in [0.15, 0.2) is 4.80 Å². The second-order valence-corrected chi connectivity index (χ2v) is 7.21. The van der Waals surface area contributed by atoms with Gasteiger partial charge in [-0.3, -0.25) is 4.57 Å². The molecule has 7 heteroatoms. The van der Waals surface area contributed by atoms with E-state index in [2.05, 4.69) is 4.99 Å². The summed E-state index contributed by atoms with van der Waals surface area (Å²) < 4.78 is 1.87. The quantitative estimate of drug-likeness (QED) is 0.752. The Kier molecular flexibility index (Phi) is 4.57. The van der Waals surface area contributed by atoms with Crippen molar-refractivity contribution in [1.29, 1.82) is 0 Å². The van der Waals surface area contributed by atoms with Crippen molar-refractivity contribution in [1.82, 2.24) is 9.47 Å². The molecule has 1 saturated heterocycles. The van der Waals surface area contributed by atoms with Gasteiger partial charge in [-0.15, -0.1) is 11.3 Å². The molecule has 116 valence electrons. The molecule has 0 saturated carbocycles. The molecule has 1 aromatic heterocycles. The number of aromatic nitrogens is 1. The number of hydrogen-bond acceptors (Lipinski definition) is 2. The van der Waals surface area contributed by atoms with Crippen LogP contribution >= 0.6 is 34.5 Å². The van der Waals surface area contributed by atoms with Crippen LogP contribution in [0.15, 0.2) is 29.4 Å². The number of urea groups is 1. The number of nitrogens with zero attached hydrogens (tertiary/aromatic N) is 3. The van der Waals surface area contributed by atoms with E-state index in [9.17, 15) is 4.79 Å². The van der Waals surface area contributed by atoms with Crippen molar-refractivity contribution in [3.8, 4) is 5.69 Å². The zero-order valence-electron chi connectivity index (χ0n) is 12.1. The Labute approximate surface area is 142 Å². The molecule has 3 rings (SSSR count). The van der Waals surface area contributed by atoms with Crippen molar-refractivity contribution in [2.24, 2.45) is 4.99 Å². The highest BCUT2D eigenvalue weighted by atomic mass is 35.5. The number of rotatable bonds is 1. The average molecular weight is 356 g/mol. The van der Waals surface area contributed by atoms with E-state index in [1.165, 1.54) is 11.3 Å². The van der Waals surface area contributed by atoms with Crippen molar-refractivity contribution in [2.45, 2.75) is 19.8 Å². The summed E-state index contributed by atoms with van der Waals surface area (Å²) in [4.78, 5) is 20.0. The Balaban J connectivity index is 2.02. The minimum atomic E-state index is -0.173. The van der Waals surface area contributed by atoms with Crippen LogP contribution in [0.5, 0.6) is 0 Å². The van der Waals surface area contributed by atoms with E-state index in [0.29, 0.717) is 14.8 Å². The number of carbonyl (C=O) groups is 1. The number of thiazole rings is 1. The SMILES string of the molecule is Cc1cn(-c2ccc(Cl)c(Cl)c2)/c(=N/C(=O)N2CCCC2)s1. The Hall–Kier alpha value is -1.30. The lowest BCUT2D eigenvalue weighted by atomic mass is 10.3. The highest BCUT2D eigenvalue weighted by Crippen LogP contribution is 2.24. The maximum atomic E-state index is 12.2. The van der Waals surface area contributed by atoms with Gasteiger partial charge in [0.1, 0.15) is 0 Å². The molecule has 2 aromatic rings. The molecule has 0 atom stereocenters. The summed E-state index contributed by atoms with van der Waals surface area (Å²) >= 11 is 13.5. The number of carbonyl (C=O) groups excluding carboxylic acids is 1. The van der Waals surface area contributed by atoms with E-state index in [4.69, 9.17) is 23.2 Å². The van der Waals surface area contributed by atoms with Crippen LogP contribution in [0.4, 0.5) is 4.79 Å². The number of benzene rings is 1. The molecule has 2 amide bonds. The standard InChI is InChI=1S/C15H15Cl2N3OS/c1-10-9-20(11-4-5-12(16)13(17)8-11)15(22-10)18-14(21)19-6-2-3-7-19/h4-5,8-9H,2-3,6-7H2,1H3/b18-15-. The third-order valence-corrected chi connectivity index (χ3v) is 5.16. The largest absolute Gasteiger partial charge is 0.346 e. The third kappa shape index (κ3) is 3.21. The number of halogens is 2. The maximum absolute atomic E-state index is 12.2. The summed E-state index contributed by atoms with van der Waals surface area (Å²) in [5.41, 5.74) is 0.840. The van der Waals surface area contributed by atoms with E-state index in [1.807, 2.05) is 23.8 Å². The van der Waals surface area contributed by atoms with Gasteiger partial charge in [-0.2, -0.15) is 4.99 Å². The molecule has 0 bridgehead atoms. The van der Waals surface area contributed by atoms with Crippen LogP contribution in [0.3, 0.4) is 0 Å². The van der Waals surface area contributed by atoms with E-state index >= 15 is 0 Å². The van der Waals surface area contributed by atoms with E-state index in [1.54, 1.807) is 17.0 Å². The number of aryl methyl sites for hydroxylation is 1. The van der Waals surface area contributed by atoms with Gasteiger partial charge in [-0.1, -0.05) is 23.2 Å². The van der Waals surface area contributed by atoms with Gasteiger partial charge >= 0.3 is 6.03 Å². The zero-order chi connectivity index (χ0) is 15.7. The van der Waals surface area contributed by atoms with Crippen LogP contribution in [-0.2, 0) is 0 Å². The molecule has 2 heterocycles. The van der Waals surface area contributed by atoms with Crippen molar-refractivity contribution in [2.75, 3.05) is 13.1 Å². The van der Waals surface area contributed by atoms with Gasteiger partial charge in [0.2, 0.25) is 0 Å². The molecular weight excluding hydrogens is 341 g/mol. The van der Waals surface area contributed by atoms with Crippen LogP contribution in [0.2, 0.25) is 10.0 Å². The fraction of sp³-hybridized carbons (Fsp3) is 0.333. The van der Waals surface area contributed by atoms with Crippen LogP contribution in [0.25, 0.3) is 5.69 Å². The van der Waals surface area contributed by atoms with Crippen molar-refractivity contribution >= 4 is 40.6 Å². The summed E-state index contributed by atoms with van der Waals surface area (Å²) in [6.45, 7) is 3.57. The summed E-state index contributed by atoms with van der Waals surface area (Å²) in [7, 11) is 0. The minimum Gasteiger partial charge on any atom is -0.323 e. The lowest BCUT2D eigenvalue weighted by Crippen LogP contribution is -2.27. The molecule has 0 unspecified atom stereocenters.